The highest BCUT2D eigenvalue weighted by atomic mass is 32.1. The number of rotatable bonds is 3. The second kappa shape index (κ2) is 4.89. The Hall–Kier alpha value is -1.99. The van der Waals surface area contributed by atoms with Gasteiger partial charge < -0.3 is 5.32 Å². The van der Waals surface area contributed by atoms with E-state index in [1.165, 1.54) is 11.3 Å². The zero-order valence-corrected chi connectivity index (χ0v) is 9.91. The molecular formula is C10H11N5OS. The third-order valence-electron chi connectivity index (χ3n) is 2.09. The van der Waals surface area contributed by atoms with Crippen LogP contribution in [-0.4, -0.2) is 22.9 Å². The maximum Gasteiger partial charge on any atom is 0.275 e. The average Bonchev–Trinajstić information content (AvgIpc) is 2.87. The number of nitrogen functional groups attached to an aromatic ring is 1. The Labute approximate surface area is 102 Å². The first kappa shape index (κ1) is 11.5. The Morgan fingerprint density at radius 2 is 2.24 bits per heavy atom. The van der Waals surface area contributed by atoms with Gasteiger partial charge >= 0.3 is 0 Å². The lowest BCUT2D eigenvalue weighted by atomic mass is 10.3. The third kappa shape index (κ3) is 2.40. The van der Waals surface area contributed by atoms with E-state index in [1.54, 1.807) is 25.4 Å². The Bertz CT molecular complexity index is 539. The molecule has 0 atom stereocenters. The molecule has 88 valence electrons. The molecule has 0 aliphatic rings. The minimum absolute atomic E-state index is 0.302. The fourth-order valence-corrected chi connectivity index (χ4v) is 2.16. The van der Waals surface area contributed by atoms with Crippen LogP contribution < -0.4 is 16.6 Å². The second-order valence-electron chi connectivity index (χ2n) is 3.15. The van der Waals surface area contributed by atoms with Gasteiger partial charge in [0.2, 0.25) is 5.95 Å². The number of nitrogens with one attached hydrogen (secondary N) is 2. The van der Waals surface area contributed by atoms with Gasteiger partial charge in [-0.1, -0.05) is 0 Å². The molecule has 0 aliphatic carbocycles. The van der Waals surface area contributed by atoms with Crippen molar-refractivity contribution in [3.63, 3.8) is 0 Å². The lowest BCUT2D eigenvalue weighted by Gasteiger charge is -2.00. The number of hydrogen-bond donors (Lipinski definition) is 3. The first-order valence-electron chi connectivity index (χ1n) is 4.86. The van der Waals surface area contributed by atoms with Gasteiger partial charge in [-0.25, -0.2) is 15.8 Å². The number of carbonyl (C=O) groups excluding carboxylic acids is 1. The van der Waals surface area contributed by atoms with Crippen molar-refractivity contribution >= 4 is 23.2 Å². The molecular weight excluding hydrogens is 238 g/mol. The van der Waals surface area contributed by atoms with Crippen LogP contribution >= 0.6 is 11.3 Å². The van der Waals surface area contributed by atoms with Crippen LogP contribution in [0, 0.1) is 0 Å². The van der Waals surface area contributed by atoms with Crippen molar-refractivity contribution in [2.75, 3.05) is 12.4 Å². The molecule has 0 saturated heterocycles. The highest BCUT2D eigenvalue weighted by Crippen LogP contribution is 2.26. The maximum atomic E-state index is 11.3. The van der Waals surface area contributed by atoms with E-state index in [0.29, 0.717) is 10.8 Å². The standard InChI is InChI=1S/C10H11N5OS/c1-12-10-13-5-4-6(14-10)7-2-3-8(17-7)9(16)15-11/h2-5H,11H2,1H3,(H,15,16)(H,12,13,14). The Morgan fingerprint density at radius 1 is 1.41 bits per heavy atom. The van der Waals surface area contributed by atoms with Gasteiger partial charge in [-0.15, -0.1) is 11.3 Å². The Balaban J connectivity index is 2.33. The number of hydrazine groups is 1. The summed E-state index contributed by atoms with van der Waals surface area (Å²) in [5.74, 6) is 5.31. The van der Waals surface area contributed by atoms with E-state index in [0.717, 1.165) is 10.6 Å². The molecule has 6 nitrogen and oxygen atoms in total. The molecule has 0 spiro atoms. The second-order valence-corrected chi connectivity index (χ2v) is 4.24. The fraction of sp³-hybridized carbons (Fsp3) is 0.100. The first-order chi connectivity index (χ1) is 8.24. The molecule has 1 amide bonds. The molecule has 2 rings (SSSR count). The summed E-state index contributed by atoms with van der Waals surface area (Å²) >= 11 is 1.33. The molecule has 0 bridgehead atoms. The van der Waals surface area contributed by atoms with E-state index < -0.39 is 0 Å². The number of nitrogens with zero attached hydrogens (tertiary/aromatic N) is 2. The van der Waals surface area contributed by atoms with Crippen LogP contribution in [0.1, 0.15) is 9.67 Å². The normalized spacial score (nSPS) is 10.0. The summed E-state index contributed by atoms with van der Waals surface area (Å²) < 4.78 is 0. The van der Waals surface area contributed by atoms with Gasteiger partial charge in [-0.05, 0) is 18.2 Å². The molecule has 0 saturated carbocycles. The minimum atomic E-state index is -0.302. The van der Waals surface area contributed by atoms with E-state index in [4.69, 9.17) is 5.84 Å². The molecule has 2 aromatic heterocycles. The number of thiophene rings is 1. The van der Waals surface area contributed by atoms with Crippen molar-refractivity contribution in [3.05, 3.63) is 29.3 Å². The van der Waals surface area contributed by atoms with Gasteiger partial charge in [0, 0.05) is 13.2 Å². The quantitative estimate of drug-likeness (QED) is 0.426. The van der Waals surface area contributed by atoms with Crippen molar-refractivity contribution < 1.29 is 4.79 Å². The summed E-state index contributed by atoms with van der Waals surface area (Å²) in [4.78, 5) is 21.1. The molecule has 2 heterocycles. The predicted octanol–water partition coefficient (Wildman–Crippen LogP) is 0.850. The molecule has 0 aromatic carbocycles. The van der Waals surface area contributed by atoms with Crippen LogP contribution in [0.15, 0.2) is 24.4 Å². The third-order valence-corrected chi connectivity index (χ3v) is 3.20. The molecule has 2 aromatic rings. The molecule has 0 fully saturated rings. The van der Waals surface area contributed by atoms with E-state index in [-0.39, 0.29) is 5.91 Å². The minimum Gasteiger partial charge on any atom is -0.357 e. The number of aromatic nitrogens is 2. The van der Waals surface area contributed by atoms with Crippen molar-refractivity contribution in [3.8, 4) is 10.6 Å². The molecule has 0 aliphatic heterocycles. The maximum absolute atomic E-state index is 11.3. The largest absolute Gasteiger partial charge is 0.357 e. The number of amides is 1. The number of hydrogen-bond acceptors (Lipinski definition) is 6. The van der Waals surface area contributed by atoms with Crippen molar-refractivity contribution in [2.45, 2.75) is 0 Å². The van der Waals surface area contributed by atoms with Gasteiger partial charge in [0.1, 0.15) is 0 Å². The molecule has 0 radical (unpaired) electrons. The van der Waals surface area contributed by atoms with E-state index >= 15 is 0 Å². The zero-order chi connectivity index (χ0) is 12.3. The lowest BCUT2D eigenvalue weighted by molar-refractivity contribution is 0.0957. The fourth-order valence-electron chi connectivity index (χ4n) is 1.29. The van der Waals surface area contributed by atoms with Gasteiger partial charge in [-0.2, -0.15) is 0 Å². The predicted molar refractivity (Wildman–Crippen MR) is 66.5 cm³/mol. The highest BCUT2D eigenvalue weighted by molar-refractivity contribution is 7.17. The Morgan fingerprint density at radius 3 is 2.94 bits per heavy atom. The van der Waals surface area contributed by atoms with Gasteiger partial charge in [0.25, 0.3) is 5.91 Å². The molecule has 7 heteroatoms. The van der Waals surface area contributed by atoms with Crippen molar-refractivity contribution in [2.24, 2.45) is 5.84 Å². The molecule has 0 unspecified atom stereocenters. The highest BCUT2D eigenvalue weighted by Gasteiger charge is 2.09. The van der Waals surface area contributed by atoms with Crippen molar-refractivity contribution in [1.29, 1.82) is 0 Å². The van der Waals surface area contributed by atoms with Crippen LogP contribution in [0.25, 0.3) is 10.6 Å². The topological polar surface area (TPSA) is 92.9 Å². The zero-order valence-electron chi connectivity index (χ0n) is 9.10. The van der Waals surface area contributed by atoms with E-state index in [1.807, 2.05) is 6.07 Å². The number of carbonyl (C=O) groups is 1. The van der Waals surface area contributed by atoms with Gasteiger partial charge in [0.05, 0.1) is 15.4 Å². The van der Waals surface area contributed by atoms with Gasteiger partial charge in [-0.3, -0.25) is 10.2 Å². The average molecular weight is 249 g/mol. The van der Waals surface area contributed by atoms with Crippen molar-refractivity contribution in [1.82, 2.24) is 15.4 Å². The first-order valence-corrected chi connectivity index (χ1v) is 5.68. The summed E-state index contributed by atoms with van der Waals surface area (Å²) in [6.07, 6.45) is 1.66. The van der Waals surface area contributed by atoms with Crippen LogP contribution in [0.3, 0.4) is 0 Å². The van der Waals surface area contributed by atoms with Crippen LogP contribution in [0.5, 0.6) is 0 Å². The van der Waals surface area contributed by atoms with Gasteiger partial charge in [0.15, 0.2) is 0 Å². The van der Waals surface area contributed by atoms with E-state index in [2.05, 4.69) is 20.7 Å². The summed E-state index contributed by atoms with van der Waals surface area (Å²) in [5, 5.41) is 2.86. The molecule has 17 heavy (non-hydrogen) atoms. The van der Waals surface area contributed by atoms with Crippen LogP contribution in [0.2, 0.25) is 0 Å². The summed E-state index contributed by atoms with van der Waals surface area (Å²) in [6.45, 7) is 0. The Kier molecular flexibility index (Phi) is 3.31. The number of anilines is 1. The lowest BCUT2D eigenvalue weighted by Crippen LogP contribution is -2.29. The summed E-state index contributed by atoms with van der Waals surface area (Å²) in [7, 11) is 1.75. The number of nitrogens with two attached hydrogens (primary N) is 1. The SMILES string of the molecule is CNc1nccc(-c2ccc(C(=O)NN)s2)n1. The van der Waals surface area contributed by atoms with Crippen LogP contribution in [-0.2, 0) is 0 Å². The smallest absolute Gasteiger partial charge is 0.275 e. The van der Waals surface area contributed by atoms with E-state index in [9.17, 15) is 4.79 Å². The summed E-state index contributed by atoms with van der Waals surface area (Å²) in [6, 6.07) is 5.33. The monoisotopic (exact) mass is 249 g/mol. The van der Waals surface area contributed by atoms with Crippen LogP contribution in [0.4, 0.5) is 5.95 Å². The molecule has 4 N–H and O–H groups in total. The summed E-state index contributed by atoms with van der Waals surface area (Å²) in [5.41, 5.74) is 2.86.